The van der Waals surface area contributed by atoms with Gasteiger partial charge in [-0.3, -0.25) is 4.40 Å². The number of aromatic nitrogens is 3. The van der Waals surface area contributed by atoms with Gasteiger partial charge in [0.2, 0.25) is 5.78 Å². The summed E-state index contributed by atoms with van der Waals surface area (Å²) in [6.45, 7) is 0. The Bertz CT molecular complexity index is 368. The van der Waals surface area contributed by atoms with Gasteiger partial charge in [0.15, 0.2) is 0 Å². The Labute approximate surface area is 68.7 Å². The van der Waals surface area contributed by atoms with Crippen LogP contribution in [0.5, 0.6) is 0 Å². The van der Waals surface area contributed by atoms with Gasteiger partial charge in [0.1, 0.15) is 0 Å². The molecule has 2 aromatic heterocycles. The van der Waals surface area contributed by atoms with Gasteiger partial charge < -0.3 is 0 Å². The van der Waals surface area contributed by atoms with Crippen LogP contribution in [0.15, 0.2) is 24.7 Å². The Kier molecular flexibility index (Phi) is 1.51. The second-order valence-electron chi connectivity index (χ2n) is 2.19. The van der Waals surface area contributed by atoms with Gasteiger partial charge in [0, 0.05) is 18.6 Å². The molecule has 2 aromatic rings. The highest BCUT2D eigenvalue weighted by Crippen LogP contribution is 2.01. The molecule has 0 aliphatic heterocycles. The first-order valence-corrected chi connectivity index (χ1v) is 3.78. The molecule has 3 nitrogen and oxygen atoms in total. The van der Waals surface area contributed by atoms with E-state index in [4.69, 9.17) is 11.6 Å². The van der Waals surface area contributed by atoms with Crippen LogP contribution in [-0.4, -0.2) is 14.4 Å². The molecule has 0 N–H and O–H groups in total. The Morgan fingerprint density at radius 1 is 1.45 bits per heavy atom. The number of fused-ring (bicyclic) bond motifs is 1. The normalized spacial score (nSPS) is 10.6. The van der Waals surface area contributed by atoms with E-state index in [9.17, 15) is 0 Å². The third kappa shape index (κ3) is 1.07. The fourth-order valence-electron chi connectivity index (χ4n) is 0.915. The second kappa shape index (κ2) is 2.51. The van der Waals surface area contributed by atoms with Gasteiger partial charge in [-0.2, -0.15) is 0 Å². The minimum Gasteiger partial charge on any atom is -0.291 e. The summed E-state index contributed by atoms with van der Waals surface area (Å²) in [6, 6.07) is 1.88. The van der Waals surface area contributed by atoms with Gasteiger partial charge in [-0.15, -0.1) is 11.6 Å². The third-order valence-electron chi connectivity index (χ3n) is 1.46. The van der Waals surface area contributed by atoms with E-state index < -0.39 is 0 Å². The van der Waals surface area contributed by atoms with Crippen molar-refractivity contribution in [2.24, 2.45) is 0 Å². The van der Waals surface area contributed by atoms with Gasteiger partial charge in [-0.1, -0.05) is 0 Å². The number of alkyl halides is 1. The molecular formula is C7H6ClN3. The van der Waals surface area contributed by atoms with E-state index in [0.717, 1.165) is 5.69 Å². The smallest absolute Gasteiger partial charge is 0.233 e. The van der Waals surface area contributed by atoms with Crippen molar-refractivity contribution >= 4 is 17.4 Å². The predicted octanol–water partition coefficient (Wildman–Crippen LogP) is 1.47. The van der Waals surface area contributed by atoms with E-state index in [-0.39, 0.29) is 0 Å². The predicted molar refractivity (Wildman–Crippen MR) is 42.5 cm³/mol. The first-order chi connectivity index (χ1) is 5.40. The van der Waals surface area contributed by atoms with Gasteiger partial charge >= 0.3 is 0 Å². The molecular weight excluding hydrogens is 162 g/mol. The molecule has 0 amide bonds. The van der Waals surface area contributed by atoms with Crippen LogP contribution < -0.4 is 0 Å². The Balaban J connectivity index is 2.67. The highest BCUT2D eigenvalue weighted by Gasteiger charge is 1.95. The number of halogens is 1. The minimum atomic E-state index is 0.434. The summed E-state index contributed by atoms with van der Waals surface area (Å²) < 4.78 is 1.84. The lowest BCUT2D eigenvalue weighted by atomic mass is 10.5. The number of rotatable bonds is 1. The molecule has 0 fully saturated rings. The molecule has 0 saturated carbocycles. The summed E-state index contributed by atoms with van der Waals surface area (Å²) in [5, 5.41) is 0. The molecule has 56 valence electrons. The second-order valence-corrected chi connectivity index (χ2v) is 2.45. The summed E-state index contributed by atoms with van der Waals surface area (Å²) in [4.78, 5) is 8.19. The van der Waals surface area contributed by atoms with Crippen molar-refractivity contribution in [2.75, 3.05) is 0 Å². The van der Waals surface area contributed by atoms with Crippen molar-refractivity contribution in [3.05, 3.63) is 30.4 Å². The zero-order valence-electron chi connectivity index (χ0n) is 5.74. The lowest BCUT2D eigenvalue weighted by Crippen LogP contribution is -1.90. The zero-order chi connectivity index (χ0) is 7.68. The van der Waals surface area contributed by atoms with Crippen LogP contribution >= 0.6 is 11.6 Å². The molecule has 2 rings (SSSR count). The molecule has 0 spiro atoms. The van der Waals surface area contributed by atoms with E-state index in [0.29, 0.717) is 11.7 Å². The number of hydrogen-bond acceptors (Lipinski definition) is 2. The first-order valence-electron chi connectivity index (χ1n) is 3.25. The molecule has 0 bridgehead atoms. The Hall–Kier alpha value is -1.09. The van der Waals surface area contributed by atoms with E-state index >= 15 is 0 Å². The van der Waals surface area contributed by atoms with Crippen molar-refractivity contribution in [1.29, 1.82) is 0 Å². The average Bonchev–Trinajstić information content (AvgIpc) is 2.50. The summed E-state index contributed by atoms with van der Waals surface area (Å²) in [7, 11) is 0. The molecule has 0 aromatic carbocycles. The zero-order valence-corrected chi connectivity index (χ0v) is 6.49. The standard InChI is InChI=1S/C7H6ClN3/c8-5-6-1-3-11-4-2-9-7(11)10-6/h1-4H,5H2. The largest absolute Gasteiger partial charge is 0.291 e. The Morgan fingerprint density at radius 3 is 3.18 bits per heavy atom. The van der Waals surface area contributed by atoms with Crippen molar-refractivity contribution < 1.29 is 0 Å². The molecule has 4 heteroatoms. The average molecular weight is 168 g/mol. The highest BCUT2D eigenvalue weighted by atomic mass is 35.5. The van der Waals surface area contributed by atoms with Gasteiger partial charge in [0.25, 0.3) is 0 Å². The summed E-state index contributed by atoms with van der Waals surface area (Å²) in [5.41, 5.74) is 0.852. The van der Waals surface area contributed by atoms with E-state index in [2.05, 4.69) is 9.97 Å². The quantitative estimate of drug-likeness (QED) is 0.602. The van der Waals surface area contributed by atoms with Crippen LogP contribution in [0.3, 0.4) is 0 Å². The molecule has 0 aliphatic carbocycles. The van der Waals surface area contributed by atoms with Crippen LogP contribution in [0.2, 0.25) is 0 Å². The molecule has 0 saturated heterocycles. The molecule has 11 heavy (non-hydrogen) atoms. The Morgan fingerprint density at radius 2 is 2.36 bits per heavy atom. The monoisotopic (exact) mass is 167 g/mol. The maximum atomic E-state index is 5.59. The number of nitrogens with zero attached hydrogens (tertiary/aromatic N) is 3. The number of hydrogen-bond donors (Lipinski definition) is 0. The molecule has 0 radical (unpaired) electrons. The van der Waals surface area contributed by atoms with Crippen LogP contribution in [0, 0.1) is 0 Å². The first kappa shape index (κ1) is 6.61. The van der Waals surface area contributed by atoms with Crippen LogP contribution in [0.25, 0.3) is 5.78 Å². The van der Waals surface area contributed by atoms with Crippen molar-refractivity contribution in [2.45, 2.75) is 5.88 Å². The van der Waals surface area contributed by atoms with E-state index in [1.54, 1.807) is 6.20 Å². The topological polar surface area (TPSA) is 30.2 Å². The van der Waals surface area contributed by atoms with Crippen molar-refractivity contribution in [1.82, 2.24) is 14.4 Å². The maximum Gasteiger partial charge on any atom is 0.233 e. The molecule has 0 atom stereocenters. The van der Waals surface area contributed by atoms with Crippen LogP contribution in [0.4, 0.5) is 0 Å². The van der Waals surface area contributed by atoms with Crippen LogP contribution in [0.1, 0.15) is 5.69 Å². The van der Waals surface area contributed by atoms with Crippen molar-refractivity contribution in [3.63, 3.8) is 0 Å². The third-order valence-corrected chi connectivity index (χ3v) is 1.73. The van der Waals surface area contributed by atoms with Crippen molar-refractivity contribution in [3.8, 4) is 0 Å². The minimum absolute atomic E-state index is 0.434. The van der Waals surface area contributed by atoms with E-state index in [1.165, 1.54) is 0 Å². The SMILES string of the molecule is ClCc1ccn2ccnc2n1. The lowest BCUT2D eigenvalue weighted by Gasteiger charge is -1.94. The van der Waals surface area contributed by atoms with Crippen LogP contribution in [-0.2, 0) is 5.88 Å². The molecule has 0 unspecified atom stereocenters. The lowest BCUT2D eigenvalue weighted by molar-refractivity contribution is 1.06. The van der Waals surface area contributed by atoms with Gasteiger partial charge in [-0.25, -0.2) is 9.97 Å². The summed E-state index contributed by atoms with van der Waals surface area (Å²) in [5.74, 6) is 1.13. The summed E-state index contributed by atoms with van der Waals surface area (Å²) in [6.07, 6.45) is 5.45. The molecule has 0 aliphatic rings. The maximum absolute atomic E-state index is 5.59. The van der Waals surface area contributed by atoms with Gasteiger partial charge in [-0.05, 0) is 6.07 Å². The fraction of sp³-hybridized carbons (Fsp3) is 0.143. The highest BCUT2D eigenvalue weighted by molar-refractivity contribution is 6.16. The van der Waals surface area contributed by atoms with E-state index in [1.807, 2.05) is 22.9 Å². The molecule has 2 heterocycles. The fourth-order valence-corrected chi connectivity index (χ4v) is 1.06. The summed E-state index contributed by atoms with van der Waals surface area (Å²) >= 11 is 5.59. The number of imidazole rings is 1. The van der Waals surface area contributed by atoms with Gasteiger partial charge in [0.05, 0.1) is 11.6 Å².